The van der Waals surface area contributed by atoms with Crippen molar-refractivity contribution in [1.29, 1.82) is 0 Å². The van der Waals surface area contributed by atoms with Crippen molar-refractivity contribution >= 4 is 21.8 Å². The van der Waals surface area contributed by atoms with Gasteiger partial charge >= 0.3 is 0 Å². The molecule has 2 atom stereocenters. The van der Waals surface area contributed by atoms with E-state index in [0.29, 0.717) is 19.1 Å². The Morgan fingerprint density at radius 3 is 2.65 bits per heavy atom. The van der Waals surface area contributed by atoms with Crippen molar-refractivity contribution < 1.29 is 13.9 Å². The average molecular weight is 344 g/mol. The zero-order valence-corrected chi connectivity index (χ0v) is 13.0. The van der Waals surface area contributed by atoms with E-state index >= 15 is 0 Å². The van der Waals surface area contributed by atoms with E-state index in [4.69, 9.17) is 4.74 Å². The molecular weight excluding hydrogens is 325 g/mol. The Morgan fingerprint density at radius 2 is 2.10 bits per heavy atom. The van der Waals surface area contributed by atoms with Crippen LogP contribution in [0.1, 0.15) is 31.4 Å². The molecule has 110 valence electrons. The van der Waals surface area contributed by atoms with Crippen LogP contribution in [0.5, 0.6) is 0 Å². The first-order chi connectivity index (χ1) is 9.56. The number of ether oxygens (including phenoxy) is 1. The third-order valence-electron chi connectivity index (χ3n) is 3.29. The number of alkyl halides is 1. The summed E-state index contributed by atoms with van der Waals surface area (Å²) in [7, 11) is 0. The Hall–Kier alpha value is -0.940. The van der Waals surface area contributed by atoms with E-state index < -0.39 is 0 Å². The van der Waals surface area contributed by atoms with Gasteiger partial charge in [-0.1, -0.05) is 28.1 Å². The van der Waals surface area contributed by atoms with Crippen molar-refractivity contribution in [3.63, 3.8) is 0 Å². The smallest absolute Gasteiger partial charge is 0.233 e. The Bertz CT molecular complexity index is 446. The van der Waals surface area contributed by atoms with Gasteiger partial charge in [0, 0.05) is 6.54 Å². The zero-order chi connectivity index (χ0) is 14.5. The van der Waals surface area contributed by atoms with Crippen LogP contribution in [-0.4, -0.2) is 23.9 Å². The fourth-order valence-corrected chi connectivity index (χ4v) is 1.98. The number of halogens is 2. The molecule has 0 heterocycles. The van der Waals surface area contributed by atoms with Crippen LogP contribution in [0.2, 0.25) is 0 Å². The van der Waals surface area contributed by atoms with E-state index in [2.05, 4.69) is 21.2 Å². The van der Waals surface area contributed by atoms with Crippen LogP contribution in [0, 0.1) is 11.7 Å². The van der Waals surface area contributed by atoms with Gasteiger partial charge in [0.1, 0.15) is 5.82 Å². The molecule has 3 nitrogen and oxygen atoms in total. The topological polar surface area (TPSA) is 38.3 Å². The lowest BCUT2D eigenvalue weighted by atomic mass is 10.1. The summed E-state index contributed by atoms with van der Waals surface area (Å²) in [6.45, 7) is 2.86. The van der Waals surface area contributed by atoms with Crippen LogP contribution >= 0.6 is 15.9 Å². The quantitative estimate of drug-likeness (QED) is 0.772. The summed E-state index contributed by atoms with van der Waals surface area (Å²) >= 11 is 3.23. The van der Waals surface area contributed by atoms with Crippen molar-refractivity contribution in [1.82, 2.24) is 5.32 Å². The molecule has 0 unspecified atom stereocenters. The summed E-state index contributed by atoms with van der Waals surface area (Å²) in [4.78, 5) is 11.4. The maximum atomic E-state index is 13.0. The molecule has 5 heteroatoms. The highest BCUT2D eigenvalue weighted by molar-refractivity contribution is 9.10. The minimum absolute atomic E-state index is 0.0767. The van der Waals surface area contributed by atoms with Crippen molar-refractivity contribution in [2.24, 2.45) is 5.92 Å². The lowest BCUT2D eigenvalue weighted by Gasteiger charge is -2.19. The molecule has 0 radical (unpaired) electrons. The fourth-order valence-electron chi connectivity index (χ4n) is 1.82. The summed E-state index contributed by atoms with van der Waals surface area (Å²) < 4.78 is 18.8. The highest BCUT2D eigenvalue weighted by atomic mass is 79.9. The van der Waals surface area contributed by atoms with E-state index in [1.165, 1.54) is 25.0 Å². The van der Waals surface area contributed by atoms with Gasteiger partial charge in [-0.15, -0.1) is 0 Å². The maximum absolute atomic E-state index is 13.0. The fraction of sp³-hybridized carbons (Fsp3) is 0.533. The van der Waals surface area contributed by atoms with Crippen molar-refractivity contribution in [2.75, 3.05) is 13.2 Å². The molecule has 0 aromatic heterocycles. The van der Waals surface area contributed by atoms with Crippen molar-refractivity contribution in [2.45, 2.75) is 30.7 Å². The Balaban J connectivity index is 1.95. The molecule has 1 aliphatic carbocycles. The first-order valence-electron chi connectivity index (χ1n) is 6.85. The van der Waals surface area contributed by atoms with Gasteiger partial charge < -0.3 is 10.1 Å². The number of hydrogen-bond donors (Lipinski definition) is 1. The van der Waals surface area contributed by atoms with Gasteiger partial charge in [0.2, 0.25) is 5.91 Å². The minimum Gasteiger partial charge on any atom is -0.371 e. The largest absolute Gasteiger partial charge is 0.371 e. The second-order valence-corrected chi connectivity index (χ2v) is 6.55. The molecule has 0 saturated heterocycles. The highest BCUT2D eigenvalue weighted by Crippen LogP contribution is 2.31. The number of nitrogens with one attached hydrogen (secondary N) is 1. The molecule has 1 aromatic rings. The maximum Gasteiger partial charge on any atom is 0.233 e. The second kappa shape index (κ2) is 7.18. The van der Waals surface area contributed by atoms with Gasteiger partial charge in [-0.2, -0.15) is 0 Å². The monoisotopic (exact) mass is 343 g/mol. The Morgan fingerprint density at radius 1 is 1.45 bits per heavy atom. The molecule has 1 aromatic carbocycles. The van der Waals surface area contributed by atoms with Gasteiger partial charge in [-0.05, 0) is 43.4 Å². The zero-order valence-electron chi connectivity index (χ0n) is 11.4. The number of rotatable bonds is 7. The van der Waals surface area contributed by atoms with Gasteiger partial charge in [0.25, 0.3) is 0 Å². The summed E-state index contributed by atoms with van der Waals surface area (Å²) in [5.41, 5.74) is 0.884. The molecule has 1 saturated carbocycles. The lowest BCUT2D eigenvalue weighted by Crippen LogP contribution is -2.33. The molecule has 1 N–H and O–H groups in total. The third kappa shape index (κ3) is 4.87. The molecule has 2 rings (SSSR count). The van der Waals surface area contributed by atoms with Crippen LogP contribution < -0.4 is 5.32 Å². The van der Waals surface area contributed by atoms with Crippen LogP contribution in [0.25, 0.3) is 0 Å². The van der Waals surface area contributed by atoms with Gasteiger partial charge in [0.15, 0.2) is 0 Å². The summed E-state index contributed by atoms with van der Waals surface area (Å²) in [5, 5.41) is 2.83. The summed E-state index contributed by atoms with van der Waals surface area (Å²) in [6.07, 6.45) is 2.19. The molecular formula is C15H19BrFNO2. The van der Waals surface area contributed by atoms with Crippen LogP contribution in [0.4, 0.5) is 4.39 Å². The highest BCUT2D eigenvalue weighted by Gasteiger charge is 2.24. The van der Waals surface area contributed by atoms with Crippen molar-refractivity contribution in [3.8, 4) is 0 Å². The first kappa shape index (κ1) is 15.4. The normalized spacial score (nSPS) is 17.6. The van der Waals surface area contributed by atoms with E-state index in [1.54, 1.807) is 19.1 Å². The molecule has 0 bridgehead atoms. The predicted octanol–water partition coefficient (Wildman–Crippen LogP) is 3.19. The molecule has 0 aliphatic heterocycles. The number of benzene rings is 1. The molecule has 1 amide bonds. The van der Waals surface area contributed by atoms with Crippen LogP contribution in [0.15, 0.2) is 24.3 Å². The molecule has 1 fully saturated rings. The molecule has 20 heavy (non-hydrogen) atoms. The number of amides is 1. The van der Waals surface area contributed by atoms with Crippen LogP contribution in [0.3, 0.4) is 0 Å². The summed E-state index contributed by atoms with van der Waals surface area (Å²) in [5.74, 6) is 0.295. The van der Waals surface area contributed by atoms with Gasteiger partial charge in [-0.3, -0.25) is 4.79 Å². The number of carbonyl (C=O) groups excluding carboxylic acids is 1. The predicted molar refractivity (Wildman–Crippen MR) is 79.2 cm³/mol. The average Bonchev–Trinajstić information content (AvgIpc) is 3.24. The minimum atomic E-state index is -0.271. The second-order valence-electron chi connectivity index (χ2n) is 5.18. The Labute approximate surface area is 127 Å². The number of carbonyl (C=O) groups is 1. The molecule has 0 spiro atoms. The number of hydrogen-bond acceptors (Lipinski definition) is 2. The van der Waals surface area contributed by atoms with E-state index in [1.807, 2.05) is 0 Å². The third-order valence-corrected chi connectivity index (χ3v) is 3.71. The SMILES string of the molecule is C[C@H](Br)C(=O)NC[C@@H](OCC1CC1)c1ccc(F)cc1. The van der Waals surface area contributed by atoms with Gasteiger partial charge in [-0.25, -0.2) is 4.39 Å². The lowest BCUT2D eigenvalue weighted by molar-refractivity contribution is -0.120. The van der Waals surface area contributed by atoms with Crippen LogP contribution in [-0.2, 0) is 9.53 Å². The van der Waals surface area contributed by atoms with E-state index in [9.17, 15) is 9.18 Å². The van der Waals surface area contributed by atoms with Crippen molar-refractivity contribution in [3.05, 3.63) is 35.6 Å². The summed E-state index contributed by atoms with van der Waals surface area (Å²) in [6, 6.07) is 6.24. The Kier molecular flexibility index (Phi) is 5.54. The van der Waals surface area contributed by atoms with E-state index in [0.717, 1.165) is 5.56 Å². The van der Waals surface area contributed by atoms with E-state index in [-0.39, 0.29) is 22.7 Å². The molecule has 1 aliphatic rings. The van der Waals surface area contributed by atoms with Gasteiger partial charge in [0.05, 0.1) is 17.5 Å². The standard InChI is InChI=1S/C15H19BrFNO2/c1-10(16)15(19)18-8-14(20-9-11-2-3-11)12-4-6-13(17)7-5-12/h4-7,10-11,14H,2-3,8-9H2,1H3,(H,18,19)/t10-,14+/m0/s1. The first-order valence-corrected chi connectivity index (χ1v) is 7.76.